The van der Waals surface area contributed by atoms with Gasteiger partial charge >= 0.3 is 0 Å². The Morgan fingerprint density at radius 2 is 1.94 bits per heavy atom. The van der Waals surface area contributed by atoms with E-state index in [0.29, 0.717) is 22.8 Å². The first-order valence-corrected chi connectivity index (χ1v) is 10.0. The maximum absolute atomic E-state index is 12.8. The number of alkyl halides is 2. The normalized spacial score (nSPS) is 11.8. The first-order valence-electron chi connectivity index (χ1n) is 10.0. The Morgan fingerprint density at radius 1 is 1.19 bits per heavy atom. The molecule has 0 fully saturated rings. The van der Waals surface area contributed by atoms with Gasteiger partial charge in [-0.3, -0.25) is 0 Å². The number of aromatic nitrogens is 4. The number of nitrogens with one attached hydrogen (secondary N) is 1. The van der Waals surface area contributed by atoms with Gasteiger partial charge in [0.1, 0.15) is 30.8 Å². The van der Waals surface area contributed by atoms with E-state index >= 15 is 0 Å². The van der Waals surface area contributed by atoms with Crippen LogP contribution in [0, 0.1) is 6.92 Å². The highest BCUT2D eigenvalue weighted by Crippen LogP contribution is 2.29. The number of anilines is 2. The predicted molar refractivity (Wildman–Crippen MR) is 116 cm³/mol. The summed E-state index contributed by atoms with van der Waals surface area (Å²) in [4.78, 5) is 13.0. The van der Waals surface area contributed by atoms with Crippen molar-refractivity contribution in [3.63, 3.8) is 0 Å². The monoisotopic (exact) mass is 447 g/mol. The average molecular weight is 447 g/mol. The van der Waals surface area contributed by atoms with Crippen molar-refractivity contribution in [2.24, 2.45) is 0 Å². The second kappa shape index (κ2) is 10.0. The lowest BCUT2D eigenvalue weighted by Gasteiger charge is -2.19. The fraction of sp³-hybridized carbons (Fsp3) is 0.409. The number of ether oxygens (including phenoxy) is 2. The van der Waals surface area contributed by atoms with Crippen molar-refractivity contribution >= 4 is 11.6 Å². The van der Waals surface area contributed by atoms with Gasteiger partial charge in [0.15, 0.2) is 0 Å². The fourth-order valence-corrected chi connectivity index (χ4v) is 2.93. The molecular formula is C22H27F2N5O3. The lowest BCUT2D eigenvalue weighted by Crippen LogP contribution is -2.21. The molecule has 10 heteroatoms. The molecule has 0 saturated heterocycles. The zero-order chi connectivity index (χ0) is 23.3. The molecule has 0 saturated carbocycles. The fourth-order valence-electron chi connectivity index (χ4n) is 2.93. The van der Waals surface area contributed by atoms with Crippen LogP contribution in [0.3, 0.4) is 0 Å². The smallest absolute Gasteiger partial charge is 0.227 e. The Balaban J connectivity index is 1.89. The number of methoxy groups -OCH3 is 1. The van der Waals surface area contributed by atoms with Gasteiger partial charge in [-0.15, -0.1) is 0 Å². The summed E-state index contributed by atoms with van der Waals surface area (Å²) in [6, 6.07) is 7.01. The molecule has 172 valence electrons. The van der Waals surface area contributed by atoms with Crippen molar-refractivity contribution in [3.05, 3.63) is 53.9 Å². The summed E-state index contributed by atoms with van der Waals surface area (Å²) in [5.41, 5.74) is 1.79. The summed E-state index contributed by atoms with van der Waals surface area (Å²) in [7, 11) is 1.57. The number of aryl methyl sites for hydroxylation is 1. The van der Waals surface area contributed by atoms with Crippen molar-refractivity contribution in [3.8, 4) is 11.4 Å². The molecule has 1 aromatic carbocycles. The van der Waals surface area contributed by atoms with Crippen molar-refractivity contribution in [1.82, 2.24) is 19.5 Å². The summed E-state index contributed by atoms with van der Waals surface area (Å²) in [5.74, 6) is 0.803. The molecule has 0 unspecified atom stereocenters. The van der Waals surface area contributed by atoms with Crippen molar-refractivity contribution in [2.75, 3.05) is 25.8 Å². The van der Waals surface area contributed by atoms with Crippen LogP contribution in [0.2, 0.25) is 0 Å². The standard InChI is InChI=1S/C22H27F2N5O3/c1-14-11-29(13-25-14)18-6-5-15(7-19(18)31-4)26-21-27-16(12-32-17(9-23)10-24)8-20(28-21)22(2,3)30/h5-8,11,13,17,30H,9-10,12H2,1-4H3,(H,26,27,28). The van der Waals surface area contributed by atoms with Gasteiger partial charge < -0.3 is 24.5 Å². The molecule has 2 heterocycles. The van der Waals surface area contributed by atoms with Crippen molar-refractivity contribution in [1.29, 1.82) is 0 Å². The minimum Gasteiger partial charge on any atom is -0.494 e. The van der Waals surface area contributed by atoms with Gasteiger partial charge in [-0.1, -0.05) is 0 Å². The molecule has 0 bridgehead atoms. The maximum atomic E-state index is 12.8. The first kappa shape index (κ1) is 23.6. The van der Waals surface area contributed by atoms with E-state index in [2.05, 4.69) is 20.3 Å². The molecule has 3 rings (SSSR count). The third-order valence-electron chi connectivity index (χ3n) is 4.64. The third-order valence-corrected chi connectivity index (χ3v) is 4.64. The Kier molecular flexibility index (Phi) is 7.37. The van der Waals surface area contributed by atoms with Crippen LogP contribution in [0.1, 0.15) is 30.9 Å². The highest BCUT2D eigenvalue weighted by Gasteiger charge is 2.21. The van der Waals surface area contributed by atoms with E-state index in [9.17, 15) is 13.9 Å². The summed E-state index contributed by atoms with van der Waals surface area (Å²) in [5, 5.41) is 13.5. The number of imidazole rings is 1. The molecule has 3 aromatic rings. The summed E-state index contributed by atoms with van der Waals surface area (Å²) < 4.78 is 38.1. The summed E-state index contributed by atoms with van der Waals surface area (Å²) >= 11 is 0. The van der Waals surface area contributed by atoms with E-state index in [1.54, 1.807) is 39.4 Å². The second-order valence-electron chi connectivity index (χ2n) is 7.80. The van der Waals surface area contributed by atoms with Gasteiger partial charge in [0.25, 0.3) is 0 Å². The Labute approximate surface area is 185 Å². The number of aliphatic hydroxyl groups is 1. The Hall–Kier alpha value is -3.11. The number of nitrogens with zero attached hydrogens (tertiary/aromatic N) is 4. The van der Waals surface area contributed by atoms with Gasteiger partial charge in [0.2, 0.25) is 5.95 Å². The molecule has 0 atom stereocenters. The molecule has 8 nitrogen and oxygen atoms in total. The third kappa shape index (κ3) is 5.77. The summed E-state index contributed by atoms with van der Waals surface area (Å²) in [6.07, 6.45) is 2.43. The quantitative estimate of drug-likeness (QED) is 0.489. The lowest BCUT2D eigenvalue weighted by atomic mass is 10.0. The average Bonchev–Trinajstić information content (AvgIpc) is 3.19. The first-order chi connectivity index (χ1) is 15.2. The van der Waals surface area contributed by atoms with Gasteiger partial charge in [-0.2, -0.15) is 0 Å². The highest BCUT2D eigenvalue weighted by atomic mass is 19.1. The number of halogens is 2. The second-order valence-corrected chi connectivity index (χ2v) is 7.80. The van der Waals surface area contributed by atoms with Gasteiger partial charge in [-0.25, -0.2) is 23.7 Å². The molecule has 0 aliphatic carbocycles. The molecule has 0 aliphatic rings. The number of benzene rings is 1. The van der Waals surface area contributed by atoms with E-state index in [1.165, 1.54) is 0 Å². The van der Waals surface area contributed by atoms with Crippen molar-refractivity contribution < 1.29 is 23.4 Å². The molecular weight excluding hydrogens is 420 g/mol. The van der Waals surface area contributed by atoms with Crippen LogP contribution in [0.15, 0.2) is 36.8 Å². The Morgan fingerprint density at radius 3 is 2.53 bits per heavy atom. The molecule has 0 radical (unpaired) electrons. The minimum absolute atomic E-state index is 0.124. The van der Waals surface area contributed by atoms with E-state index in [1.807, 2.05) is 29.8 Å². The molecule has 2 N–H and O–H groups in total. The molecule has 32 heavy (non-hydrogen) atoms. The van der Waals surface area contributed by atoms with Crippen LogP contribution in [-0.2, 0) is 16.9 Å². The van der Waals surface area contributed by atoms with Crippen LogP contribution >= 0.6 is 0 Å². The molecule has 0 spiro atoms. The zero-order valence-electron chi connectivity index (χ0n) is 18.5. The Bertz CT molecular complexity index is 1050. The summed E-state index contributed by atoms with van der Waals surface area (Å²) in [6.45, 7) is 3.07. The predicted octanol–water partition coefficient (Wildman–Crippen LogP) is 3.77. The highest BCUT2D eigenvalue weighted by molar-refractivity contribution is 5.62. The zero-order valence-corrected chi connectivity index (χ0v) is 18.5. The topological polar surface area (TPSA) is 94.3 Å². The van der Waals surface area contributed by atoms with E-state index < -0.39 is 25.1 Å². The maximum Gasteiger partial charge on any atom is 0.227 e. The molecule has 0 amide bonds. The SMILES string of the molecule is COc1cc(Nc2nc(COC(CF)CF)cc(C(C)(C)O)n2)ccc1-n1cnc(C)c1. The molecule has 0 aliphatic heterocycles. The van der Waals surface area contributed by atoms with Gasteiger partial charge in [0, 0.05) is 18.0 Å². The van der Waals surface area contributed by atoms with Crippen LogP contribution in [0.25, 0.3) is 5.69 Å². The van der Waals surface area contributed by atoms with E-state index in [-0.39, 0.29) is 12.6 Å². The minimum atomic E-state index is -1.26. The van der Waals surface area contributed by atoms with Crippen LogP contribution in [-0.4, -0.2) is 51.2 Å². The lowest BCUT2D eigenvalue weighted by molar-refractivity contribution is 0.00732. The van der Waals surface area contributed by atoms with E-state index in [0.717, 1.165) is 11.4 Å². The molecule has 2 aromatic heterocycles. The van der Waals surface area contributed by atoms with Gasteiger partial charge in [0.05, 0.1) is 42.8 Å². The number of rotatable bonds is 10. The van der Waals surface area contributed by atoms with Crippen LogP contribution in [0.4, 0.5) is 20.4 Å². The van der Waals surface area contributed by atoms with Crippen molar-refractivity contribution in [2.45, 2.75) is 39.1 Å². The number of hydrogen-bond donors (Lipinski definition) is 2. The van der Waals surface area contributed by atoms with Gasteiger partial charge in [-0.05, 0) is 39.0 Å². The van der Waals surface area contributed by atoms with Crippen LogP contribution in [0.5, 0.6) is 5.75 Å². The number of hydrogen-bond acceptors (Lipinski definition) is 7. The van der Waals surface area contributed by atoms with E-state index in [4.69, 9.17) is 9.47 Å². The van der Waals surface area contributed by atoms with Crippen LogP contribution < -0.4 is 10.1 Å². The largest absolute Gasteiger partial charge is 0.494 e.